The summed E-state index contributed by atoms with van der Waals surface area (Å²) >= 11 is 0. The van der Waals surface area contributed by atoms with Crippen molar-refractivity contribution in [1.29, 1.82) is 0 Å². The summed E-state index contributed by atoms with van der Waals surface area (Å²) in [5.41, 5.74) is 0. The van der Waals surface area contributed by atoms with Gasteiger partial charge in [0.25, 0.3) is 0 Å². The van der Waals surface area contributed by atoms with Gasteiger partial charge in [-0.25, -0.2) is 0 Å². The third-order valence-electron chi connectivity index (χ3n) is 18.2. The highest BCUT2D eigenvalue weighted by Gasteiger charge is 2.20. The monoisotopic (exact) mass is 1180 g/mol. The number of hydrogen-bond donors (Lipinski definition) is 3. The van der Waals surface area contributed by atoms with Crippen LogP contribution in [-0.2, 0) is 14.3 Å². The van der Waals surface area contributed by atoms with Crippen LogP contribution in [0.4, 0.5) is 0 Å². The normalized spacial score (nSPS) is 12.6. The summed E-state index contributed by atoms with van der Waals surface area (Å²) in [5.74, 6) is -0.0198. The molecule has 0 aliphatic carbocycles. The number of aliphatic hydroxyl groups excluding tert-OH is 2. The molecule has 6 nitrogen and oxygen atoms in total. The highest BCUT2D eigenvalue weighted by atomic mass is 16.5. The molecule has 0 fully saturated rings. The standard InChI is InChI=1S/C78H151NO5/c1-3-5-7-9-11-13-15-17-19-20-21-22-23-31-34-37-40-43-46-50-54-58-62-66-70-76(81)75(74-80)79-77(82)71-67-63-59-55-51-47-44-41-38-35-32-29-27-25-24-26-28-30-33-36-39-42-45-49-53-57-61-65-69-73-84-78(83)72-68-64-60-56-52-48-18-16-14-12-10-8-6-4-2/h16,18,24,26,75-76,80-81H,3-15,17,19-23,25,27-74H2,1-2H3,(H,79,82)/b18-16-,26-24-. The molecule has 2 atom stereocenters. The molecule has 2 unspecified atom stereocenters. The number of carbonyl (C=O) groups is 2. The van der Waals surface area contributed by atoms with E-state index in [-0.39, 0.29) is 18.5 Å². The summed E-state index contributed by atoms with van der Waals surface area (Å²) in [6.45, 7) is 4.99. The number of carbonyl (C=O) groups excluding carboxylic acids is 2. The average molecular weight is 1180 g/mol. The lowest BCUT2D eigenvalue weighted by molar-refractivity contribution is -0.143. The zero-order valence-electron chi connectivity index (χ0n) is 57.2. The molecule has 6 heteroatoms. The maximum atomic E-state index is 12.6. The van der Waals surface area contributed by atoms with Crippen LogP contribution in [0, 0.1) is 0 Å². The SMILES string of the molecule is CCCCCCC/C=C\CCCCCCCC(=O)OCCCCCCCCCCCCCC/C=C\CCCCCCCCCCCCCCCC(=O)NC(CO)C(O)CCCCCCCCCCCCCCCCCCCCCCCCCC. The predicted molar refractivity (Wildman–Crippen MR) is 370 cm³/mol. The molecule has 0 spiro atoms. The van der Waals surface area contributed by atoms with Gasteiger partial charge < -0.3 is 20.3 Å². The van der Waals surface area contributed by atoms with E-state index < -0.39 is 12.1 Å². The van der Waals surface area contributed by atoms with Crippen molar-refractivity contribution in [2.75, 3.05) is 13.2 Å². The number of esters is 1. The second-order valence-electron chi connectivity index (χ2n) is 26.7. The molecule has 498 valence electrons. The van der Waals surface area contributed by atoms with Gasteiger partial charge >= 0.3 is 5.97 Å². The topological polar surface area (TPSA) is 95.9 Å². The van der Waals surface area contributed by atoms with Crippen molar-refractivity contribution in [3.05, 3.63) is 24.3 Å². The zero-order valence-corrected chi connectivity index (χ0v) is 57.2. The Labute approximate surface area is 526 Å². The fourth-order valence-electron chi connectivity index (χ4n) is 12.3. The Morgan fingerprint density at radius 2 is 0.560 bits per heavy atom. The van der Waals surface area contributed by atoms with Crippen molar-refractivity contribution in [3.8, 4) is 0 Å². The quantitative estimate of drug-likeness (QED) is 0.0320. The summed E-state index contributed by atoms with van der Waals surface area (Å²) in [6.07, 6.45) is 94.0. The molecule has 0 aromatic carbocycles. The van der Waals surface area contributed by atoms with Crippen molar-refractivity contribution < 1.29 is 24.5 Å². The lowest BCUT2D eigenvalue weighted by Crippen LogP contribution is -2.45. The van der Waals surface area contributed by atoms with Crippen LogP contribution in [0.15, 0.2) is 24.3 Å². The van der Waals surface area contributed by atoms with Gasteiger partial charge in [0.15, 0.2) is 0 Å². The van der Waals surface area contributed by atoms with Crippen LogP contribution in [0.25, 0.3) is 0 Å². The lowest BCUT2D eigenvalue weighted by atomic mass is 10.0. The Balaban J connectivity index is 3.37. The number of amides is 1. The molecule has 84 heavy (non-hydrogen) atoms. The van der Waals surface area contributed by atoms with Gasteiger partial charge in [0, 0.05) is 12.8 Å². The average Bonchev–Trinajstić information content (AvgIpc) is 3.51. The molecule has 0 bridgehead atoms. The molecule has 0 aliphatic rings. The molecule has 3 N–H and O–H groups in total. The smallest absolute Gasteiger partial charge is 0.305 e. The number of aliphatic hydroxyl groups is 2. The summed E-state index contributed by atoms with van der Waals surface area (Å²) < 4.78 is 5.49. The van der Waals surface area contributed by atoms with E-state index in [0.717, 1.165) is 44.9 Å². The van der Waals surface area contributed by atoms with E-state index in [1.54, 1.807) is 0 Å². The highest BCUT2D eigenvalue weighted by molar-refractivity contribution is 5.76. The third kappa shape index (κ3) is 69.4. The first-order valence-electron chi connectivity index (χ1n) is 38.6. The lowest BCUT2D eigenvalue weighted by Gasteiger charge is -2.22. The molecule has 0 aromatic rings. The summed E-state index contributed by atoms with van der Waals surface area (Å²) in [4.78, 5) is 24.6. The molecule has 0 saturated carbocycles. The zero-order chi connectivity index (χ0) is 60.6. The van der Waals surface area contributed by atoms with E-state index in [2.05, 4.69) is 43.5 Å². The molecule has 0 heterocycles. The number of rotatable bonds is 73. The van der Waals surface area contributed by atoms with Gasteiger partial charge in [0.1, 0.15) is 0 Å². The Kier molecular flexibility index (Phi) is 72.3. The van der Waals surface area contributed by atoms with Gasteiger partial charge in [-0.3, -0.25) is 9.59 Å². The van der Waals surface area contributed by atoms with Gasteiger partial charge in [0.2, 0.25) is 5.91 Å². The maximum absolute atomic E-state index is 12.6. The van der Waals surface area contributed by atoms with E-state index in [1.807, 2.05) is 0 Å². The van der Waals surface area contributed by atoms with Crippen molar-refractivity contribution >= 4 is 11.9 Å². The van der Waals surface area contributed by atoms with Gasteiger partial charge in [-0.2, -0.15) is 0 Å². The van der Waals surface area contributed by atoms with E-state index in [9.17, 15) is 19.8 Å². The number of unbranched alkanes of at least 4 members (excludes halogenated alkanes) is 58. The van der Waals surface area contributed by atoms with Crippen molar-refractivity contribution in [3.63, 3.8) is 0 Å². The number of nitrogens with one attached hydrogen (secondary N) is 1. The molecule has 0 radical (unpaired) electrons. The first kappa shape index (κ1) is 82.3. The molecule has 0 aromatic heterocycles. The van der Waals surface area contributed by atoms with Crippen LogP contribution in [0.3, 0.4) is 0 Å². The van der Waals surface area contributed by atoms with Crippen molar-refractivity contribution in [2.45, 2.75) is 450 Å². The van der Waals surface area contributed by atoms with Crippen molar-refractivity contribution in [2.24, 2.45) is 0 Å². The first-order chi connectivity index (χ1) is 41.5. The van der Waals surface area contributed by atoms with Gasteiger partial charge in [0.05, 0.1) is 25.4 Å². The van der Waals surface area contributed by atoms with Gasteiger partial charge in [-0.15, -0.1) is 0 Å². The van der Waals surface area contributed by atoms with E-state index in [0.29, 0.717) is 25.9 Å². The Hall–Kier alpha value is -1.66. The number of ether oxygens (including phenoxy) is 1. The molecular formula is C78H151NO5. The van der Waals surface area contributed by atoms with Crippen LogP contribution in [0.2, 0.25) is 0 Å². The second kappa shape index (κ2) is 73.8. The third-order valence-corrected chi connectivity index (χ3v) is 18.2. The maximum Gasteiger partial charge on any atom is 0.305 e. The minimum Gasteiger partial charge on any atom is -0.466 e. The van der Waals surface area contributed by atoms with Gasteiger partial charge in [-0.05, 0) is 77.0 Å². The first-order valence-corrected chi connectivity index (χ1v) is 38.6. The summed E-state index contributed by atoms with van der Waals surface area (Å²) in [6, 6.07) is -0.542. The largest absolute Gasteiger partial charge is 0.466 e. The van der Waals surface area contributed by atoms with Crippen LogP contribution in [0.1, 0.15) is 438 Å². The molecule has 1 amide bonds. The minimum atomic E-state index is -0.665. The molecular weight excluding hydrogens is 1030 g/mol. The van der Waals surface area contributed by atoms with Crippen LogP contribution < -0.4 is 5.32 Å². The Morgan fingerprint density at radius 1 is 0.321 bits per heavy atom. The van der Waals surface area contributed by atoms with E-state index >= 15 is 0 Å². The van der Waals surface area contributed by atoms with Crippen LogP contribution >= 0.6 is 0 Å². The minimum absolute atomic E-state index is 0.00892. The summed E-state index contributed by atoms with van der Waals surface area (Å²) in [5, 5.41) is 23.5. The number of allylic oxidation sites excluding steroid dienone is 4. The Bertz CT molecular complexity index is 1320. The van der Waals surface area contributed by atoms with Gasteiger partial charge in [-0.1, -0.05) is 372 Å². The van der Waals surface area contributed by atoms with E-state index in [4.69, 9.17) is 4.74 Å². The molecule has 0 aliphatic heterocycles. The van der Waals surface area contributed by atoms with Crippen LogP contribution in [-0.4, -0.2) is 47.4 Å². The number of hydrogen-bond acceptors (Lipinski definition) is 5. The van der Waals surface area contributed by atoms with E-state index in [1.165, 1.54) is 360 Å². The molecule has 0 rings (SSSR count). The second-order valence-corrected chi connectivity index (χ2v) is 26.7. The Morgan fingerprint density at radius 3 is 0.845 bits per heavy atom. The summed E-state index contributed by atoms with van der Waals surface area (Å²) in [7, 11) is 0. The highest BCUT2D eigenvalue weighted by Crippen LogP contribution is 2.20. The van der Waals surface area contributed by atoms with Crippen molar-refractivity contribution in [1.82, 2.24) is 5.32 Å². The van der Waals surface area contributed by atoms with Crippen LogP contribution in [0.5, 0.6) is 0 Å². The molecule has 0 saturated heterocycles. The fourth-order valence-corrected chi connectivity index (χ4v) is 12.3. The fraction of sp³-hybridized carbons (Fsp3) is 0.923. The predicted octanol–water partition coefficient (Wildman–Crippen LogP) is 25.3.